The van der Waals surface area contributed by atoms with E-state index in [4.69, 9.17) is 5.26 Å². The summed E-state index contributed by atoms with van der Waals surface area (Å²) in [5.41, 5.74) is 0.484. The number of thioether (sulfide) groups is 1. The van der Waals surface area contributed by atoms with Crippen LogP contribution in [-0.2, 0) is 11.0 Å². The number of fused-ring (bicyclic) bond motifs is 1. The topological polar surface area (TPSA) is 78.7 Å². The molecule has 0 aliphatic heterocycles. The first-order valence-corrected chi connectivity index (χ1v) is 9.34. The molecule has 0 aliphatic rings. The molecule has 0 unspecified atom stereocenters. The lowest BCUT2D eigenvalue weighted by molar-refractivity contribution is -0.145. The van der Waals surface area contributed by atoms with E-state index in [1.807, 2.05) is 6.07 Å². The molecule has 0 saturated heterocycles. The van der Waals surface area contributed by atoms with Crippen molar-refractivity contribution in [3.63, 3.8) is 0 Å². The van der Waals surface area contributed by atoms with Crippen LogP contribution in [0.2, 0.25) is 0 Å². The molecule has 3 rings (SSSR count). The van der Waals surface area contributed by atoms with Gasteiger partial charge in [0.1, 0.15) is 16.1 Å². The number of nitriles is 1. The molecule has 0 aliphatic carbocycles. The van der Waals surface area contributed by atoms with E-state index in [-0.39, 0.29) is 10.5 Å². The molecule has 3 aromatic rings. The number of amides is 1. The van der Waals surface area contributed by atoms with Crippen molar-refractivity contribution in [3.8, 4) is 6.07 Å². The van der Waals surface area contributed by atoms with Gasteiger partial charge in [0.05, 0.1) is 16.3 Å². The third-order valence-electron chi connectivity index (χ3n) is 3.50. The molecule has 5 nitrogen and oxygen atoms in total. The highest BCUT2D eigenvalue weighted by atomic mass is 32.2. The highest BCUT2D eigenvalue weighted by molar-refractivity contribution is 8.00. The second-order valence-corrected chi connectivity index (χ2v) is 7.64. The predicted octanol–water partition coefficient (Wildman–Crippen LogP) is 4.70. The smallest absolute Gasteiger partial charge is 0.316 e. The Morgan fingerprint density at radius 3 is 2.74 bits per heavy atom. The second-order valence-electron chi connectivity index (χ2n) is 5.39. The summed E-state index contributed by atoms with van der Waals surface area (Å²) < 4.78 is 39.3. The van der Waals surface area contributed by atoms with Gasteiger partial charge < -0.3 is 5.32 Å². The minimum absolute atomic E-state index is 0.0715. The molecule has 1 aromatic carbocycles. The predicted molar refractivity (Wildman–Crippen MR) is 97.5 cm³/mol. The number of rotatable bonds is 4. The summed E-state index contributed by atoms with van der Waals surface area (Å²) in [4.78, 5) is 19.6. The fourth-order valence-electron chi connectivity index (χ4n) is 2.19. The van der Waals surface area contributed by atoms with Crippen molar-refractivity contribution in [1.82, 2.24) is 9.97 Å². The average molecular weight is 408 g/mol. The first-order valence-electron chi connectivity index (χ1n) is 7.58. The molecule has 0 fully saturated rings. The summed E-state index contributed by atoms with van der Waals surface area (Å²) in [6.07, 6.45) is -4.69. The van der Waals surface area contributed by atoms with Gasteiger partial charge in [0.2, 0.25) is 11.7 Å². The SMILES string of the molecule is C[C@H](Sc1nc(C(F)(F)F)nc2ccccc12)C(=O)Nc1sccc1C#N. The Morgan fingerprint density at radius 1 is 1.30 bits per heavy atom. The molecule has 10 heteroatoms. The number of hydrogen-bond acceptors (Lipinski definition) is 6. The molecule has 0 saturated carbocycles. The number of para-hydroxylation sites is 1. The number of nitrogens with one attached hydrogen (secondary N) is 1. The van der Waals surface area contributed by atoms with Crippen molar-refractivity contribution in [2.75, 3.05) is 5.32 Å². The summed E-state index contributed by atoms with van der Waals surface area (Å²) in [7, 11) is 0. The Balaban J connectivity index is 1.89. The third-order valence-corrected chi connectivity index (χ3v) is 5.43. The summed E-state index contributed by atoms with van der Waals surface area (Å²) in [6.45, 7) is 1.56. The number of alkyl halides is 3. The van der Waals surface area contributed by atoms with Gasteiger partial charge >= 0.3 is 6.18 Å². The number of hydrogen-bond donors (Lipinski definition) is 1. The van der Waals surface area contributed by atoms with E-state index in [0.29, 0.717) is 16.0 Å². The number of benzene rings is 1. The Hall–Kier alpha value is -2.64. The minimum Gasteiger partial charge on any atom is -0.316 e. The highest BCUT2D eigenvalue weighted by Gasteiger charge is 2.36. The maximum atomic E-state index is 13.1. The van der Waals surface area contributed by atoms with Gasteiger partial charge in [-0.3, -0.25) is 4.79 Å². The van der Waals surface area contributed by atoms with E-state index in [1.165, 1.54) is 17.4 Å². The van der Waals surface area contributed by atoms with E-state index >= 15 is 0 Å². The van der Waals surface area contributed by atoms with Crippen LogP contribution in [0.3, 0.4) is 0 Å². The molecule has 27 heavy (non-hydrogen) atoms. The van der Waals surface area contributed by atoms with Gasteiger partial charge in [-0.05, 0) is 24.4 Å². The van der Waals surface area contributed by atoms with Gasteiger partial charge in [-0.15, -0.1) is 11.3 Å². The van der Waals surface area contributed by atoms with Gasteiger partial charge in [0, 0.05) is 5.39 Å². The summed E-state index contributed by atoms with van der Waals surface area (Å²) >= 11 is 2.10. The standard InChI is InChI=1S/C17H11F3N4OS2/c1-9(13(25)23-14-10(8-21)6-7-26-14)27-15-11-4-2-3-5-12(11)22-16(24-15)17(18,19)20/h2-7,9H,1H3,(H,23,25)/t9-/m0/s1. The van der Waals surface area contributed by atoms with Crippen molar-refractivity contribution in [1.29, 1.82) is 5.26 Å². The molecule has 0 radical (unpaired) electrons. The fraction of sp³-hybridized carbons (Fsp3) is 0.176. The van der Waals surface area contributed by atoms with E-state index in [2.05, 4.69) is 15.3 Å². The lowest BCUT2D eigenvalue weighted by Crippen LogP contribution is -2.22. The first-order chi connectivity index (χ1) is 12.8. The van der Waals surface area contributed by atoms with Crippen LogP contribution in [0.25, 0.3) is 10.9 Å². The van der Waals surface area contributed by atoms with Gasteiger partial charge in [0.15, 0.2) is 0 Å². The van der Waals surface area contributed by atoms with Crippen LogP contribution in [0.1, 0.15) is 18.3 Å². The number of carbonyl (C=O) groups excluding carboxylic acids is 1. The molecule has 1 amide bonds. The number of nitrogens with zero attached hydrogens (tertiary/aromatic N) is 3. The average Bonchev–Trinajstić information content (AvgIpc) is 3.07. The van der Waals surface area contributed by atoms with Gasteiger partial charge in [-0.1, -0.05) is 30.0 Å². The number of carbonyl (C=O) groups is 1. The van der Waals surface area contributed by atoms with Gasteiger partial charge in [0.25, 0.3) is 0 Å². The molecule has 0 spiro atoms. The van der Waals surface area contributed by atoms with Crippen LogP contribution in [0.5, 0.6) is 0 Å². The van der Waals surface area contributed by atoms with Crippen LogP contribution < -0.4 is 5.32 Å². The molecule has 2 aromatic heterocycles. The summed E-state index contributed by atoms with van der Waals surface area (Å²) in [5, 5.41) is 13.5. The van der Waals surface area contributed by atoms with Crippen molar-refractivity contribution < 1.29 is 18.0 Å². The lowest BCUT2D eigenvalue weighted by atomic mass is 10.2. The zero-order valence-electron chi connectivity index (χ0n) is 13.7. The maximum absolute atomic E-state index is 13.1. The molecule has 138 valence electrons. The zero-order valence-corrected chi connectivity index (χ0v) is 15.4. The van der Waals surface area contributed by atoms with Crippen molar-refractivity contribution in [2.24, 2.45) is 0 Å². The Labute approximate surface area is 160 Å². The van der Waals surface area contributed by atoms with E-state index in [9.17, 15) is 18.0 Å². The molecule has 0 bridgehead atoms. The number of halogens is 3. The minimum atomic E-state index is -4.69. The van der Waals surface area contributed by atoms with Gasteiger partial charge in [-0.2, -0.15) is 18.4 Å². The van der Waals surface area contributed by atoms with Crippen molar-refractivity contribution >= 4 is 44.9 Å². The largest absolute Gasteiger partial charge is 0.451 e. The number of thiophene rings is 1. The van der Waals surface area contributed by atoms with E-state index in [0.717, 1.165) is 11.8 Å². The third kappa shape index (κ3) is 4.20. The fourth-order valence-corrected chi connectivity index (χ4v) is 3.87. The quantitative estimate of drug-likeness (QED) is 0.500. The number of aromatic nitrogens is 2. The molecule has 1 atom stereocenters. The Kier molecular flexibility index (Phi) is 5.34. The Morgan fingerprint density at radius 2 is 2.04 bits per heavy atom. The molecule has 2 heterocycles. The van der Waals surface area contributed by atoms with E-state index < -0.39 is 23.2 Å². The molecular weight excluding hydrogens is 397 g/mol. The van der Waals surface area contributed by atoms with Crippen LogP contribution in [0.4, 0.5) is 18.2 Å². The van der Waals surface area contributed by atoms with Gasteiger partial charge in [-0.25, -0.2) is 9.97 Å². The lowest BCUT2D eigenvalue weighted by Gasteiger charge is -2.14. The van der Waals surface area contributed by atoms with Crippen molar-refractivity contribution in [2.45, 2.75) is 23.4 Å². The Bertz CT molecular complexity index is 1040. The zero-order chi connectivity index (χ0) is 19.6. The monoisotopic (exact) mass is 408 g/mol. The first kappa shape index (κ1) is 19.1. The normalized spacial score (nSPS) is 12.6. The van der Waals surface area contributed by atoms with E-state index in [1.54, 1.807) is 36.6 Å². The summed E-state index contributed by atoms with van der Waals surface area (Å²) in [6, 6.07) is 9.86. The van der Waals surface area contributed by atoms with Crippen LogP contribution in [0, 0.1) is 11.3 Å². The van der Waals surface area contributed by atoms with Crippen molar-refractivity contribution in [3.05, 3.63) is 47.1 Å². The molecular formula is C17H11F3N4OS2. The second kappa shape index (κ2) is 7.54. The summed E-state index contributed by atoms with van der Waals surface area (Å²) in [5.74, 6) is -1.68. The van der Waals surface area contributed by atoms with Crippen LogP contribution in [0.15, 0.2) is 40.7 Å². The number of anilines is 1. The van der Waals surface area contributed by atoms with Crippen LogP contribution in [-0.4, -0.2) is 21.1 Å². The highest BCUT2D eigenvalue weighted by Crippen LogP contribution is 2.34. The maximum Gasteiger partial charge on any atom is 0.451 e. The molecule has 1 N–H and O–H groups in total. The van der Waals surface area contributed by atoms with Crippen LogP contribution >= 0.6 is 23.1 Å².